The minimum absolute atomic E-state index is 0.116. The van der Waals surface area contributed by atoms with E-state index in [1.54, 1.807) is 11.8 Å². The van der Waals surface area contributed by atoms with Gasteiger partial charge in [0, 0.05) is 5.75 Å². The van der Waals surface area contributed by atoms with Crippen molar-refractivity contribution in [2.24, 2.45) is 0 Å². The van der Waals surface area contributed by atoms with Gasteiger partial charge in [0.15, 0.2) is 0 Å². The lowest BCUT2D eigenvalue weighted by atomic mass is 10.3. The molecule has 0 aromatic heterocycles. The molecule has 0 aliphatic heterocycles. The molecule has 1 unspecified atom stereocenters. The molecule has 1 N–H and O–H groups in total. The summed E-state index contributed by atoms with van der Waals surface area (Å²) in [5, 5.41) is 3.22. The van der Waals surface area contributed by atoms with Gasteiger partial charge < -0.3 is 10.1 Å². The fourth-order valence-corrected chi connectivity index (χ4v) is 2.06. The van der Waals surface area contributed by atoms with Crippen LogP contribution in [0.15, 0.2) is 0 Å². The molecule has 15 heavy (non-hydrogen) atoms. The Morgan fingerprint density at radius 1 is 1.33 bits per heavy atom. The number of hydrogen-bond donors (Lipinski definition) is 1. The van der Waals surface area contributed by atoms with E-state index in [1.807, 2.05) is 6.92 Å². The summed E-state index contributed by atoms with van der Waals surface area (Å²) >= 11 is 1.80. The van der Waals surface area contributed by atoms with Crippen LogP contribution in [0.25, 0.3) is 0 Å². The van der Waals surface area contributed by atoms with Crippen LogP contribution in [0.3, 0.4) is 0 Å². The van der Waals surface area contributed by atoms with Crippen LogP contribution in [0.5, 0.6) is 0 Å². The Morgan fingerprint density at radius 2 is 2.07 bits per heavy atom. The number of carbonyl (C=O) groups is 1. The van der Waals surface area contributed by atoms with Crippen molar-refractivity contribution in [1.29, 1.82) is 0 Å². The summed E-state index contributed by atoms with van der Waals surface area (Å²) in [6.45, 7) is 7.41. The largest absolute Gasteiger partial charge is 0.465 e. The third-order valence-corrected chi connectivity index (χ3v) is 3.11. The molecule has 0 aliphatic rings. The molecule has 0 aliphatic carbocycles. The smallest absolute Gasteiger partial charge is 0.323 e. The third kappa shape index (κ3) is 7.68. The van der Waals surface area contributed by atoms with Crippen molar-refractivity contribution >= 4 is 17.7 Å². The Balaban J connectivity index is 3.87. The Bertz CT molecular complexity index is 165. The van der Waals surface area contributed by atoms with E-state index in [-0.39, 0.29) is 12.0 Å². The standard InChI is InChI=1S/C11H23NO2S/c1-4-7-12-10(9-15-8-5-2)11(13)14-6-3/h10,12H,4-9H2,1-3H3. The van der Waals surface area contributed by atoms with Crippen molar-refractivity contribution in [3.63, 3.8) is 0 Å². The monoisotopic (exact) mass is 233 g/mol. The van der Waals surface area contributed by atoms with Crippen LogP contribution in [0, 0.1) is 0 Å². The number of carbonyl (C=O) groups excluding carboxylic acids is 1. The SMILES string of the molecule is CCCNC(CSCCC)C(=O)OCC. The lowest BCUT2D eigenvalue weighted by Crippen LogP contribution is -2.40. The molecule has 4 heteroatoms. The van der Waals surface area contributed by atoms with Gasteiger partial charge in [0.25, 0.3) is 0 Å². The zero-order valence-electron chi connectivity index (χ0n) is 10.0. The summed E-state index contributed by atoms with van der Waals surface area (Å²) in [5.74, 6) is 1.80. The molecule has 0 saturated carbocycles. The molecule has 0 heterocycles. The predicted octanol–water partition coefficient (Wildman–Crippen LogP) is 2.06. The van der Waals surface area contributed by atoms with E-state index in [4.69, 9.17) is 4.74 Å². The predicted molar refractivity (Wildman–Crippen MR) is 66.3 cm³/mol. The van der Waals surface area contributed by atoms with E-state index < -0.39 is 0 Å². The Labute approximate surface area is 97.3 Å². The molecule has 90 valence electrons. The van der Waals surface area contributed by atoms with E-state index in [1.165, 1.54) is 0 Å². The topological polar surface area (TPSA) is 38.3 Å². The maximum Gasteiger partial charge on any atom is 0.323 e. The second-order valence-electron chi connectivity index (χ2n) is 3.33. The average Bonchev–Trinajstić information content (AvgIpc) is 2.23. The van der Waals surface area contributed by atoms with Gasteiger partial charge in [0.2, 0.25) is 0 Å². The summed E-state index contributed by atoms with van der Waals surface area (Å²) in [7, 11) is 0. The van der Waals surface area contributed by atoms with Gasteiger partial charge in [-0.2, -0.15) is 11.8 Å². The summed E-state index contributed by atoms with van der Waals surface area (Å²) in [4.78, 5) is 11.5. The lowest BCUT2D eigenvalue weighted by molar-refractivity contribution is -0.144. The van der Waals surface area contributed by atoms with E-state index >= 15 is 0 Å². The Kier molecular flexibility index (Phi) is 10.2. The first-order valence-corrected chi connectivity index (χ1v) is 6.89. The van der Waals surface area contributed by atoms with Gasteiger partial charge in [-0.05, 0) is 32.1 Å². The van der Waals surface area contributed by atoms with E-state index in [9.17, 15) is 4.79 Å². The molecular formula is C11H23NO2S. The molecule has 0 bridgehead atoms. The second kappa shape index (κ2) is 10.3. The zero-order chi connectivity index (χ0) is 11.5. The van der Waals surface area contributed by atoms with Crippen LogP contribution in [-0.2, 0) is 9.53 Å². The molecule has 0 fully saturated rings. The molecule has 0 radical (unpaired) electrons. The number of thioether (sulfide) groups is 1. The van der Waals surface area contributed by atoms with Crippen LogP contribution in [0.4, 0.5) is 0 Å². The van der Waals surface area contributed by atoms with Crippen molar-refractivity contribution in [3.8, 4) is 0 Å². The number of esters is 1. The van der Waals surface area contributed by atoms with E-state index in [0.717, 1.165) is 30.9 Å². The summed E-state index contributed by atoms with van der Waals surface area (Å²) < 4.78 is 5.02. The first-order valence-electron chi connectivity index (χ1n) is 5.73. The van der Waals surface area contributed by atoms with E-state index in [2.05, 4.69) is 19.2 Å². The third-order valence-electron chi connectivity index (χ3n) is 1.84. The molecule has 3 nitrogen and oxygen atoms in total. The fourth-order valence-electron chi connectivity index (χ4n) is 1.12. The summed E-state index contributed by atoms with van der Waals surface area (Å²) in [5.41, 5.74) is 0. The van der Waals surface area contributed by atoms with Crippen LogP contribution >= 0.6 is 11.8 Å². The highest BCUT2D eigenvalue weighted by molar-refractivity contribution is 7.99. The van der Waals surface area contributed by atoms with Gasteiger partial charge in [0.1, 0.15) is 6.04 Å². The van der Waals surface area contributed by atoms with Crippen molar-refractivity contribution in [1.82, 2.24) is 5.32 Å². The molecule has 1 atom stereocenters. The first kappa shape index (κ1) is 14.8. The molecule has 0 aromatic carbocycles. The summed E-state index contributed by atoms with van der Waals surface area (Å²) in [6.07, 6.45) is 2.18. The molecule has 0 saturated heterocycles. The van der Waals surface area contributed by atoms with E-state index in [0.29, 0.717) is 6.61 Å². The maximum absolute atomic E-state index is 11.5. The average molecular weight is 233 g/mol. The van der Waals surface area contributed by atoms with Gasteiger partial charge in [-0.15, -0.1) is 0 Å². The zero-order valence-corrected chi connectivity index (χ0v) is 10.9. The van der Waals surface area contributed by atoms with Gasteiger partial charge in [-0.25, -0.2) is 0 Å². The minimum atomic E-state index is -0.138. The lowest BCUT2D eigenvalue weighted by Gasteiger charge is -2.16. The number of nitrogens with one attached hydrogen (secondary N) is 1. The number of hydrogen-bond acceptors (Lipinski definition) is 4. The quantitative estimate of drug-likeness (QED) is 0.489. The Hall–Kier alpha value is -0.220. The summed E-state index contributed by atoms with van der Waals surface area (Å²) in [6, 6.07) is -0.138. The van der Waals surface area contributed by atoms with Crippen LogP contribution in [0.1, 0.15) is 33.6 Å². The second-order valence-corrected chi connectivity index (χ2v) is 4.48. The Morgan fingerprint density at radius 3 is 2.60 bits per heavy atom. The maximum atomic E-state index is 11.5. The van der Waals surface area contributed by atoms with Crippen molar-refractivity contribution < 1.29 is 9.53 Å². The van der Waals surface area contributed by atoms with Crippen molar-refractivity contribution in [3.05, 3.63) is 0 Å². The normalized spacial score (nSPS) is 12.5. The van der Waals surface area contributed by atoms with Crippen LogP contribution in [-0.4, -0.2) is 36.7 Å². The van der Waals surface area contributed by atoms with Gasteiger partial charge >= 0.3 is 5.97 Å². The van der Waals surface area contributed by atoms with Crippen LogP contribution < -0.4 is 5.32 Å². The molecular weight excluding hydrogens is 210 g/mol. The molecule has 0 spiro atoms. The molecule has 0 amide bonds. The molecule has 0 rings (SSSR count). The van der Waals surface area contributed by atoms with Gasteiger partial charge in [-0.3, -0.25) is 4.79 Å². The molecule has 0 aromatic rings. The first-order chi connectivity index (χ1) is 7.26. The fraction of sp³-hybridized carbons (Fsp3) is 0.909. The highest BCUT2D eigenvalue weighted by Gasteiger charge is 2.18. The minimum Gasteiger partial charge on any atom is -0.465 e. The number of ether oxygens (including phenoxy) is 1. The van der Waals surface area contributed by atoms with Crippen molar-refractivity contribution in [2.75, 3.05) is 24.7 Å². The van der Waals surface area contributed by atoms with Gasteiger partial charge in [0.05, 0.1) is 6.61 Å². The highest BCUT2D eigenvalue weighted by atomic mass is 32.2. The van der Waals surface area contributed by atoms with Crippen molar-refractivity contribution in [2.45, 2.75) is 39.7 Å². The number of rotatable bonds is 9. The van der Waals surface area contributed by atoms with Crippen LogP contribution in [0.2, 0.25) is 0 Å². The van der Waals surface area contributed by atoms with Gasteiger partial charge in [-0.1, -0.05) is 13.8 Å². The highest BCUT2D eigenvalue weighted by Crippen LogP contribution is 2.06.